The van der Waals surface area contributed by atoms with Gasteiger partial charge < -0.3 is 4.90 Å². The summed E-state index contributed by atoms with van der Waals surface area (Å²) in [6, 6.07) is 1.76. The highest BCUT2D eigenvalue weighted by molar-refractivity contribution is 6.33. The Labute approximate surface area is 110 Å². The van der Waals surface area contributed by atoms with Crippen LogP contribution in [0.2, 0.25) is 5.02 Å². The van der Waals surface area contributed by atoms with Crippen molar-refractivity contribution in [2.24, 2.45) is 5.92 Å². The number of piperidine rings is 1. The molecule has 1 saturated heterocycles. The van der Waals surface area contributed by atoms with Crippen LogP contribution in [0.4, 0.5) is 14.5 Å². The lowest BCUT2D eigenvalue weighted by Crippen LogP contribution is -2.47. The standard InChI is InChI=1S/C13H14ClF2NO/c1-7-8(2)17(4-3-12(7)18)13-10(14)5-9(15)6-11(13)16/h5-8H,3-4H2,1-2H3. The van der Waals surface area contributed by atoms with Crippen molar-refractivity contribution in [2.75, 3.05) is 11.4 Å². The SMILES string of the molecule is CC1C(=O)CCN(c2c(F)cc(F)cc2Cl)C1C. The molecule has 2 unspecified atom stereocenters. The number of nitrogens with zero attached hydrogens (tertiary/aromatic N) is 1. The number of hydrogen-bond acceptors (Lipinski definition) is 2. The molecule has 0 radical (unpaired) electrons. The first-order valence-corrected chi connectivity index (χ1v) is 6.23. The zero-order valence-corrected chi connectivity index (χ0v) is 11.0. The van der Waals surface area contributed by atoms with Crippen molar-refractivity contribution in [1.82, 2.24) is 0 Å². The molecule has 1 aromatic carbocycles. The zero-order chi connectivity index (χ0) is 13.4. The third kappa shape index (κ3) is 2.21. The average Bonchev–Trinajstić information content (AvgIpc) is 2.28. The Morgan fingerprint density at radius 3 is 2.61 bits per heavy atom. The Kier molecular flexibility index (Phi) is 3.57. The molecule has 0 N–H and O–H groups in total. The van der Waals surface area contributed by atoms with Crippen LogP contribution in [-0.2, 0) is 4.79 Å². The molecule has 18 heavy (non-hydrogen) atoms. The minimum atomic E-state index is -0.699. The summed E-state index contributed by atoms with van der Waals surface area (Å²) in [5, 5.41) is 0.0425. The predicted molar refractivity (Wildman–Crippen MR) is 67.0 cm³/mol. The van der Waals surface area contributed by atoms with Gasteiger partial charge in [0.15, 0.2) is 5.82 Å². The second-order valence-corrected chi connectivity index (χ2v) is 5.06. The third-order valence-electron chi connectivity index (χ3n) is 3.59. The van der Waals surface area contributed by atoms with Gasteiger partial charge in [0.2, 0.25) is 0 Å². The first-order chi connectivity index (χ1) is 8.41. The summed E-state index contributed by atoms with van der Waals surface area (Å²) in [5.41, 5.74) is 0.185. The van der Waals surface area contributed by atoms with Gasteiger partial charge in [-0.25, -0.2) is 8.78 Å². The molecule has 0 amide bonds. The van der Waals surface area contributed by atoms with E-state index >= 15 is 0 Å². The average molecular weight is 274 g/mol. The molecule has 1 heterocycles. The van der Waals surface area contributed by atoms with Crippen LogP contribution in [-0.4, -0.2) is 18.4 Å². The zero-order valence-electron chi connectivity index (χ0n) is 10.2. The molecule has 0 aromatic heterocycles. The molecule has 2 nitrogen and oxygen atoms in total. The van der Waals surface area contributed by atoms with E-state index < -0.39 is 11.6 Å². The first kappa shape index (κ1) is 13.3. The summed E-state index contributed by atoms with van der Waals surface area (Å²) in [4.78, 5) is 13.3. The fourth-order valence-corrected chi connectivity index (χ4v) is 2.63. The molecule has 0 saturated carbocycles. The fraction of sp³-hybridized carbons (Fsp3) is 0.462. The van der Waals surface area contributed by atoms with E-state index in [0.717, 1.165) is 12.1 Å². The molecule has 2 atom stereocenters. The second-order valence-electron chi connectivity index (χ2n) is 4.66. The Morgan fingerprint density at radius 2 is 2.00 bits per heavy atom. The van der Waals surface area contributed by atoms with Crippen LogP contribution in [0.1, 0.15) is 20.3 Å². The number of carbonyl (C=O) groups excluding carboxylic acids is 1. The number of hydrogen-bond donors (Lipinski definition) is 0. The van der Waals surface area contributed by atoms with Crippen molar-refractivity contribution in [3.63, 3.8) is 0 Å². The van der Waals surface area contributed by atoms with Crippen LogP contribution in [0.15, 0.2) is 12.1 Å². The Hall–Kier alpha value is -1.16. The summed E-state index contributed by atoms with van der Waals surface area (Å²) >= 11 is 5.91. The van der Waals surface area contributed by atoms with Gasteiger partial charge in [-0.1, -0.05) is 18.5 Å². The van der Waals surface area contributed by atoms with E-state index in [1.807, 2.05) is 13.8 Å². The second kappa shape index (κ2) is 4.84. The van der Waals surface area contributed by atoms with Crippen molar-refractivity contribution in [3.8, 4) is 0 Å². The van der Waals surface area contributed by atoms with Crippen molar-refractivity contribution in [1.29, 1.82) is 0 Å². The quantitative estimate of drug-likeness (QED) is 0.781. The molecular weight excluding hydrogens is 260 g/mol. The van der Waals surface area contributed by atoms with Gasteiger partial charge in [0.05, 0.1) is 10.7 Å². The Bertz CT molecular complexity index is 469. The molecule has 0 aliphatic carbocycles. The van der Waals surface area contributed by atoms with Crippen molar-refractivity contribution in [2.45, 2.75) is 26.3 Å². The van der Waals surface area contributed by atoms with Gasteiger partial charge in [-0.05, 0) is 13.0 Å². The highest BCUT2D eigenvalue weighted by Gasteiger charge is 2.33. The van der Waals surface area contributed by atoms with Gasteiger partial charge in [0.25, 0.3) is 0 Å². The number of rotatable bonds is 1. The molecule has 1 aromatic rings. The highest BCUT2D eigenvalue weighted by atomic mass is 35.5. The van der Waals surface area contributed by atoms with Gasteiger partial charge in [0, 0.05) is 31.0 Å². The molecule has 1 aliphatic heterocycles. The van der Waals surface area contributed by atoms with E-state index in [9.17, 15) is 13.6 Å². The Balaban J connectivity index is 2.40. The monoisotopic (exact) mass is 273 g/mol. The normalized spacial score (nSPS) is 24.5. The highest BCUT2D eigenvalue weighted by Crippen LogP contribution is 2.35. The van der Waals surface area contributed by atoms with Crippen LogP contribution in [0.3, 0.4) is 0 Å². The molecule has 0 spiro atoms. The maximum Gasteiger partial charge on any atom is 0.150 e. The van der Waals surface area contributed by atoms with E-state index in [0.29, 0.717) is 13.0 Å². The van der Waals surface area contributed by atoms with E-state index in [1.54, 1.807) is 4.90 Å². The lowest BCUT2D eigenvalue weighted by molar-refractivity contribution is -0.123. The van der Waals surface area contributed by atoms with Crippen molar-refractivity contribution >= 4 is 23.1 Å². The van der Waals surface area contributed by atoms with Gasteiger partial charge in [-0.2, -0.15) is 0 Å². The minimum Gasteiger partial charge on any atom is -0.364 e. The predicted octanol–water partition coefficient (Wildman–Crippen LogP) is 3.42. The van der Waals surface area contributed by atoms with Crippen LogP contribution in [0, 0.1) is 17.6 Å². The van der Waals surface area contributed by atoms with E-state index in [1.165, 1.54) is 0 Å². The molecule has 98 valence electrons. The number of benzene rings is 1. The van der Waals surface area contributed by atoms with Crippen LogP contribution < -0.4 is 4.90 Å². The number of carbonyl (C=O) groups is 1. The third-order valence-corrected chi connectivity index (χ3v) is 3.88. The first-order valence-electron chi connectivity index (χ1n) is 5.85. The lowest BCUT2D eigenvalue weighted by atomic mass is 9.90. The molecule has 1 aliphatic rings. The number of Topliss-reactive ketones (excluding diaryl/α,β-unsaturated/α-hetero) is 1. The maximum atomic E-state index is 13.8. The summed E-state index contributed by atoms with van der Waals surface area (Å²) in [5.74, 6) is -1.40. The van der Waals surface area contributed by atoms with E-state index in [2.05, 4.69) is 0 Å². The van der Waals surface area contributed by atoms with Gasteiger partial charge in [-0.3, -0.25) is 4.79 Å². The van der Waals surface area contributed by atoms with Gasteiger partial charge in [-0.15, -0.1) is 0 Å². The summed E-state index contributed by atoms with van der Waals surface area (Å²) in [6.07, 6.45) is 0.360. The molecular formula is C13H14ClF2NO. The van der Waals surface area contributed by atoms with Crippen LogP contribution in [0.25, 0.3) is 0 Å². The van der Waals surface area contributed by atoms with Crippen LogP contribution in [0.5, 0.6) is 0 Å². The largest absolute Gasteiger partial charge is 0.364 e. The topological polar surface area (TPSA) is 20.3 Å². The van der Waals surface area contributed by atoms with Crippen molar-refractivity contribution < 1.29 is 13.6 Å². The smallest absolute Gasteiger partial charge is 0.150 e. The minimum absolute atomic E-state index is 0.0425. The molecule has 5 heteroatoms. The van der Waals surface area contributed by atoms with Gasteiger partial charge >= 0.3 is 0 Å². The summed E-state index contributed by atoms with van der Waals surface area (Å²) in [6.45, 7) is 4.07. The number of ketones is 1. The lowest BCUT2D eigenvalue weighted by Gasteiger charge is -2.39. The maximum absolute atomic E-state index is 13.8. The Morgan fingerprint density at radius 1 is 1.33 bits per heavy atom. The number of anilines is 1. The van der Waals surface area contributed by atoms with E-state index in [4.69, 9.17) is 11.6 Å². The molecule has 0 bridgehead atoms. The van der Waals surface area contributed by atoms with E-state index in [-0.39, 0.29) is 28.5 Å². The molecule has 1 fully saturated rings. The number of halogens is 3. The molecule has 2 rings (SSSR count). The van der Waals surface area contributed by atoms with Crippen molar-refractivity contribution in [3.05, 3.63) is 28.8 Å². The summed E-state index contributed by atoms with van der Waals surface area (Å²) < 4.78 is 26.9. The fourth-order valence-electron chi connectivity index (χ4n) is 2.33. The van der Waals surface area contributed by atoms with Crippen LogP contribution >= 0.6 is 11.6 Å². The van der Waals surface area contributed by atoms with Gasteiger partial charge in [0.1, 0.15) is 11.6 Å². The summed E-state index contributed by atoms with van der Waals surface area (Å²) in [7, 11) is 0.